The maximum atomic E-state index is 13.6. The highest BCUT2D eigenvalue weighted by Crippen LogP contribution is 2.34. The quantitative estimate of drug-likeness (QED) is 0.465. The molecule has 0 saturated heterocycles. The standard InChI is InChI=1S/C25H27ClN2O4S/c1-25(2,3)28(24(30)21-5-4-13-31-21)15-23(29)27-12-10-22-19(11-14-33-22)20(27)16-32-18-8-6-17(26)7-9-18/h4-9,11,13-14,20H,10,12,15-16H2,1-3H3. The number of ether oxygens (including phenoxy) is 1. The molecule has 6 nitrogen and oxygen atoms in total. The van der Waals surface area contributed by atoms with Crippen LogP contribution < -0.4 is 4.74 Å². The van der Waals surface area contributed by atoms with Crippen molar-refractivity contribution in [3.05, 3.63) is 75.3 Å². The molecule has 33 heavy (non-hydrogen) atoms. The van der Waals surface area contributed by atoms with Crippen molar-refractivity contribution in [2.75, 3.05) is 19.7 Å². The maximum Gasteiger partial charge on any atom is 0.290 e. The van der Waals surface area contributed by atoms with E-state index >= 15 is 0 Å². The van der Waals surface area contributed by atoms with Crippen LogP contribution in [0, 0.1) is 0 Å². The summed E-state index contributed by atoms with van der Waals surface area (Å²) in [6, 6.07) is 12.3. The molecule has 2 aromatic heterocycles. The van der Waals surface area contributed by atoms with Gasteiger partial charge in [0.05, 0.1) is 12.3 Å². The van der Waals surface area contributed by atoms with Crippen LogP contribution >= 0.6 is 22.9 Å². The lowest BCUT2D eigenvalue weighted by atomic mass is 9.99. The monoisotopic (exact) mass is 486 g/mol. The van der Waals surface area contributed by atoms with Crippen LogP contribution in [-0.2, 0) is 11.2 Å². The van der Waals surface area contributed by atoms with Gasteiger partial charge in [0.25, 0.3) is 5.91 Å². The van der Waals surface area contributed by atoms with Crippen molar-refractivity contribution in [2.24, 2.45) is 0 Å². The van der Waals surface area contributed by atoms with Gasteiger partial charge in [-0.1, -0.05) is 11.6 Å². The van der Waals surface area contributed by atoms with E-state index in [1.807, 2.05) is 37.8 Å². The van der Waals surface area contributed by atoms with E-state index in [-0.39, 0.29) is 30.2 Å². The van der Waals surface area contributed by atoms with E-state index in [0.29, 0.717) is 23.9 Å². The van der Waals surface area contributed by atoms with Crippen LogP contribution in [0.15, 0.2) is 58.5 Å². The Morgan fingerprint density at radius 2 is 1.97 bits per heavy atom. The van der Waals surface area contributed by atoms with Crippen molar-refractivity contribution >= 4 is 34.8 Å². The molecular weight excluding hydrogens is 460 g/mol. The van der Waals surface area contributed by atoms with Gasteiger partial charge >= 0.3 is 0 Å². The minimum Gasteiger partial charge on any atom is -0.491 e. The Labute approximate surface area is 202 Å². The first-order valence-electron chi connectivity index (χ1n) is 10.8. The second-order valence-corrected chi connectivity index (χ2v) is 10.4. The molecule has 0 bridgehead atoms. The molecule has 1 aliphatic heterocycles. The van der Waals surface area contributed by atoms with Gasteiger partial charge in [-0.25, -0.2) is 0 Å². The summed E-state index contributed by atoms with van der Waals surface area (Å²) in [6.45, 7) is 6.59. The molecule has 0 saturated carbocycles. The van der Waals surface area contributed by atoms with Gasteiger partial charge in [-0.15, -0.1) is 11.3 Å². The summed E-state index contributed by atoms with van der Waals surface area (Å²) in [6.07, 6.45) is 2.25. The third-order valence-corrected chi connectivity index (χ3v) is 6.97. The second-order valence-electron chi connectivity index (χ2n) is 8.96. The Kier molecular flexibility index (Phi) is 6.81. The number of thiophene rings is 1. The zero-order chi connectivity index (χ0) is 23.6. The largest absolute Gasteiger partial charge is 0.491 e. The minimum absolute atomic E-state index is 0.0417. The lowest BCUT2D eigenvalue weighted by molar-refractivity contribution is -0.136. The molecule has 8 heteroatoms. The number of halogens is 1. The molecule has 0 fully saturated rings. The first kappa shape index (κ1) is 23.4. The molecule has 0 spiro atoms. The number of hydrogen-bond acceptors (Lipinski definition) is 5. The summed E-state index contributed by atoms with van der Waals surface area (Å²) < 4.78 is 11.3. The molecule has 174 valence electrons. The fourth-order valence-corrected chi connectivity index (χ4v) is 5.01. The fraction of sp³-hybridized carbons (Fsp3) is 0.360. The average Bonchev–Trinajstić information content (AvgIpc) is 3.47. The topological polar surface area (TPSA) is 63.0 Å². The summed E-state index contributed by atoms with van der Waals surface area (Å²) in [5.41, 5.74) is 0.547. The molecule has 0 N–H and O–H groups in total. The van der Waals surface area contributed by atoms with Gasteiger partial charge in [0, 0.05) is 22.0 Å². The number of benzene rings is 1. The Morgan fingerprint density at radius 1 is 1.21 bits per heavy atom. The molecule has 3 aromatic rings. The average molecular weight is 487 g/mol. The van der Waals surface area contributed by atoms with E-state index in [9.17, 15) is 9.59 Å². The lowest BCUT2D eigenvalue weighted by Crippen LogP contribution is -2.53. The number of hydrogen-bond donors (Lipinski definition) is 0. The summed E-state index contributed by atoms with van der Waals surface area (Å²) in [7, 11) is 0. The van der Waals surface area contributed by atoms with Crippen LogP contribution in [0.4, 0.5) is 0 Å². The molecule has 1 aromatic carbocycles. The highest BCUT2D eigenvalue weighted by Gasteiger charge is 2.36. The first-order valence-corrected chi connectivity index (χ1v) is 12.1. The van der Waals surface area contributed by atoms with Gasteiger partial charge in [-0.2, -0.15) is 0 Å². The zero-order valence-corrected chi connectivity index (χ0v) is 20.5. The Balaban J connectivity index is 1.54. The van der Waals surface area contributed by atoms with E-state index in [4.69, 9.17) is 20.8 Å². The van der Waals surface area contributed by atoms with E-state index in [1.165, 1.54) is 11.1 Å². The predicted octanol–water partition coefficient (Wildman–Crippen LogP) is 5.44. The molecule has 1 unspecified atom stereocenters. The number of nitrogens with zero attached hydrogens (tertiary/aromatic N) is 2. The van der Waals surface area contributed by atoms with E-state index in [2.05, 4.69) is 11.4 Å². The van der Waals surface area contributed by atoms with E-state index in [0.717, 1.165) is 12.0 Å². The third-order valence-electron chi connectivity index (χ3n) is 5.72. The molecule has 4 rings (SSSR count). The molecular formula is C25H27ClN2O4S. The summed E-state index contributed by atoms with van der Waals surface area (Å²) in [5, 5.41) is 2.69. The minimum atomic E-state index is -0.557. The zero-order valence-electron chi connectivity index (χ0n) is 18.9. The Morgan fingerprint density at radius 3 is 2.64 bits per heavy atom. The number of carbonyl (C=O) groups is 2. The van der Waals surface area contributed by atoms with Gasteiger partial charge in [-0.05, 0) is 80.6 Å². The second kappa shape index (κ2) is 9.61. The smallest absolute Gasteiger partial charge is 0.290 e. The SMILES string of the molecule is CC(C)(C)N(CC(=O)N1CCc2sccc2C1COc1ccc(Cl)cc1)C(=O)c1ccco1. The van der Waals surface area contributed by atoms with Crippen LogP contribution in [0.2, 0.25) is 5.02 Å². The summed E-state index contributed by atoms with van der Waals surface area (Å²) in [5.74, 6) is 0.493. The van der Waals surface area contributed by atoms with Gasteiger partial charge in [0.2, 0.25) is 5.91 Å². The molecule has 0 aliphatic carbocycles. The molecule has 0 radical (unpaired) electrons. The van der Waals surface area contributed by atoms with Gasteiger partial charge in [0.1, 0.15) is 18.9 Å². The normalized spacial score (nSPS) is 15.8. The van der Waals surface area contributed by atoms with E-state index < -0.39 is 5.54 Å². The first-order chi connectivity index (χ1) is 15.7. The van der Waals surface area contributed by atoms with Crippen molar-refractivity contribution in [1.82, 2.24) is 9.80 Å². The number of furan rings is 1. The molecule has 2 amide bonds. The van der Waals surface area contributed by atoms with Crippen molar-refractivity contribution in [3.63, 3.8) is 0 Å². The van der Waals surface area contributed by atoms with Crippen LogP contribution in [0.3, 0.4) is 0 Å². The Bertz CT molecular complexity index is 1100. The summed E-state index contributed by atoms with van der Waals surface area (Å²) in [4.78, 5) is 31.3. The molecule has 3 heterocycles. The highest BCUT2D eigenvalue weighted by molar-refractivity contribution is 7.10. The van der Waals surface area contributed by atoms with Gasteiger partial charge in [-0.3, -0.25) is 9.59 Å². The fourth-order valence-electron chi connectivity index (χ4n) is 3.95. The van der Waals surface area contributed by atoms with E-state index in [1.54, 1.807) is 40.5 Å². The Hall–Kier alpha value is -2.77. The maximum absolute atomic E-state index is 13.6. The third kappa shape index (κ3) is 5.25. The van der Waals surface area contributed by atoms with Gasteiger partial charge < -0.3 is 19.0 Å². The number of rotatable bonds is 6. The van der Waals surface area contributed by atoms with Crippen molar-refractivity contribution in [3.8, 4) is 5.75 Å². The van der Waals surface area contributed by atoms with Crippen LogP contribution in [0.25, 0.3) is 0 Å². The molecule has 1 atom stereocenters. The van der Waals surface area contributed by atoms with Crippen molar-refractivity contribution < 1.29 is 18.7 Å². The van der Waals surface area contributed by atoms with Crippen LogP contribution in [-0.4, -0.2) is 46.8 Å². The lowest BCUT2D eigenvalue weighted by Gasteiger charge is -2.40. The number of carbonyl (C=O) groups excluding carboxylic acids is 2. The number of fused-ring (bicyclic) bond motifs is 1. The van der Waals surface area contributed by atoms with Crippen molar-refractivity contribution in [1.29, 1.82) is 0 Å². The predicted molar refractivity (Wildman–Crippen MR) is 129 cm³/mol. The summed E-state index contributed by atoms with van der Waals surface area (Å²) >= 11 is 7.68. The van der Waals surface area contributed by atoms with Gasteiger partial charge in [0.15, 0.2) is 5.76 Å². The van der Waals surface area contributed by atoms with Crippen molar-refractivity contribution in [2.45, 2.75) is 38.8 Å². The van der Waals surface area contributed by atoms with Crippen LogP contribution in [0.1, 0.15) is 47.8 Å². The highest BCUT2D eigenvalue weighted by atomic mass is 35.5. The number of amides is 2. The molecule has 1 aliphatic rings. The van der Waals surface area contributed by atoms with Crippen LogP contribution in [0.5, 0.6) is 5.75 Å².